The second kappa shape index (κ2) is 4.87. The van der Waals surface area contributed by atoms with Gasteiger partial charge >= 0.3 is 0 Å². The highest BCUT2D eigenvalue weighted by Crippen LogP contribution is 2.29. The fraction of sp³-hybridized carbons (Fsp3) is 0.667. The fourth-order valence-corrected chi connectivity index (χ4v) is 4.46. The van der Waals surface area contributed by atoms with Crippen LogP contribution in [0.3, 0.4) is 0 Å². The molecule has 1 heterocycles. The smallest absolute Gasteiger partial charge is 0.246 e. The fourth-order valence-electron chi connectivity index (χ4n) is 2.10. The highest BCUT2D eigenvalue weighted by Gasteiger charge is 2.31. The Kier molecular flexibility index (Phi) is 3.64. The standard InChI is InChI=1S/C9H16N4O2S2/c1-16-7-4-2-3-6(7)13-17(14,15)8-5-11-12-9(8)10/h5-7,13H,2-4H2,1H3,(H3,10,11,12). The van der Waals surface area contributed by atoms with E-state index >= 15 is 0 Å². The van der Waals surface area contributed by atoms with Crippen LogP contribution in [0.1, 0.15) is 19.3 Å². The van der Waals surface area contributed by atoms with Crippen LogP contribution in [-0.2, 0) is 10.0 Å². The Hall–Kier alpha value is -0.730. The molecule has 17 heavy (non-hydrogen) atoms. The third kappa shape index (κ3) is 2.58. The lowest BCUT2D eigenvalue weighted by Crippen LogP contribution is -2.38. The van der Waals surface area contributed by atoms with E-state index in [1.54, 1.807) is 11.8 Å². The quantitative estimate of drug-likeness (QED) is 0.745. The topological polar surface area (TPSA) is 101 Å². The third-order valence-corrected chi connectivity index (χ3v) is 5.67. The molecule has 1 saturated carbocycles. The predicted octanol–water partition coefficient (Wildman–Crippen LogP) is 0.554. The van der Waals surface area contributed by atoms with Crippen molar-refractivity contribution in [2.45, 2.75) is 35.4 Å². The minimum Gasteiger partial charge on any atom is -0.383 e. The molecule has 2 unspecified atom stereocenters. The maximum absolute atomic E-state index is 12.1. The van der Waals surface area contributed by atoms with Crippen molar-refractivity contribution < 1.29 is 8.42 Å². The molecule has 6 nitrogen and oxygen atoms in total. The van der Waals surface area contributed by atoms with E-state index in [1.165, 1.54) is 6.20 Å². The zero-order valence-electron chi connectivity index (χ0n) is 9.51. The molecule has 0 aromatic carbocycles. The first-order valence-electron chi connectivity index (χ1n) is 5.38. The van der Waals surface area contributed by atoms with Gasteiger partial charge in [-0.05, 0) is 19.1 Å². The first kappa shape index (κ1) is 12.7. The van der Waals surface area contributed by atoms with Crippen LogP contribution < -0.4 is 10.5 Å². The number of sulfonamides is 1. The van der Waals surface area contributed by atoms with Gasteiger partial charge in [0.2, 0.25) is 10.0 Å². The van der Waals surface area contributed by atoms with Crippen LogP contribution >= 0.6 is 11.8 Å². The summed E-state index contributed by atoms with van der Waals surface area (Å²) in [5, 5.41) is 6.40. The normalized spacial score (nSPS) is 25.2. The van der Waals surface area contributed by atoms with Gasteiger partial charge in [-0.3, -0.25) is 5.10 Å². The monoisotopic (exact) mass is 276 g/mol. The first-order valence-corrected chi connectivity index (χ1v) is 8.15. The number of nitrogens with zero attached hydrogens (tertiary/aromatic N) is 1. The molecule has 0 saturated heterocycles. The van der Waals surface area contributed by atoms with E-state index in [0.717, 1.165) is 19.3 Å². The number of nitrogen functional groups attached to an aromatic ring is 1. The van der Waals surface area contributed by atoms with Crippen molar-refractivity contribution in [1.82, 2.24) is 14.9 Å². The van der Waals surface area contributed by atoms with Gasteiger partial charge in [-0.1, -0.05) is 6.42 Å². The molecular weight excluding hydrogens is 260 g/mol. The van der Waals surface area contributed by atoms with Crippen molar-refractivity contribution in [1.29, 1.82) is 0 Å². The van der Waals surface area contributed by atoms with Gasteiger partial charge in [0, 0.05) is 11.3 Å². The average Bonchev–Trinajstić information content (AvgIpc) is 2.86. The Morgan fingerprint density at radius 3 is 2.94 bits per heavy atom. The van der Waals surface area contributed by atoms with E-state index in [9.17, 15) is 8.42 Å². The van der Waals surface area contributed by atoms with Crippen LogP contribution in [0.4, 0.5) is 5.82 Å². The first-order chi connectivity index (χ1) is 8.04. The molecule has 0 spiro atoms. The van der Waals surface area contributed by atoms with Crippen LogP contribution in [0.5, 0.6) is 0 Å². The number of aromatic nitrogens is 2. The third-order valence-electron chi connectivity index (χ3n) is 2.98. The second-order valence-electron chi connectivity index (χ2n) is 4.08. The zero-order valence-corrected chi connectivity index (χ0v) is 11.1. The van der Waals surface area contributed by atoms with E-state index in [4.69, 9.17) is 5.73 Å². The Morgan fingerprint density at radius 2 is 2.35 bits per heavy atom. The van der Waals surface area contributed by atoms with Crippen molar-refractivity contribution in [3.63, 3.8) is 0 Å². The van der Waals surface area contributed by atoms with Crippen molar-refractivity contribution in [2.24, 2.45) is 0 Å². The Balaban J connectivity index is 2.16. The SMILES string of the molecule is CSC1CCCC1NS(=O)(=O)c1cn[nH]c1N. The summed E-state index contributed by atoms with van der Waals surface area (Å²) < 4.78 is 26.9. The molecule has 1 aliphatic rings. The molecule has 0 bridgehead atoms. The van der Waals surface area contributed by atoms with Gasteiger partial charge in [0.25, 0.3) is 0 Å². The van der Waals surface area contributed by atoms with Crippen LogP contribution in [-0.4, -0.2) is 36.2 Å². The van der Waals surface area contributed by atoms with Gasteiger partial charge in [-0.15, -0.1) is 0 Å². The lowest BCUT2D eigenvalue weighted by Gasteiger charge is -2.18. The molecule has 0 amide bonds. The number of nitrogens with one attached hydrogen (secondary N) is 2. The minimum absolute atomic E-state index is 0.00991. The Bertz CT molecular complexity index is 485. The van der Waals surface area contributed by atoms with E-state index in [-0.39, 0.29) is 16.8 Å². The molecule has 0 aliphatic heterocycles. The van der Waals surface area contributed by atoms with E-state index in [0.29, 0.717) is 5.25 Å². The van der Waals surface area contributed by atoms with Gasteiger partial charge in [-0.2, -0.15) is 16.9 Å². The summed E-state index contributed by atoms with van der Waals surface area (Å²) in [6.45, 7) is 0. The summed E-state index contributed by atoms with van der Waals surface area (Å²) in [6, 6.07) is -0.00991. The average molecular weight is 276 g/mol. The van der Waals surface area contributed by atoms with Crippen molar-refractivity contribution >= 4 is 27.6 Å². The molecule has 1 aromatic rings. The number of rotatable bonds is 4. The molecule has 1 aromatic heterocycles. The number of hydrogen-bond acceptors (Lipinski definition) is 5. The molecule has 1 fully saturated rings. The van der Waals surface area contributed by atoms with E-state index in [1.807, 2.05) is 6.26 Å². The molecule has 0 radical (unpaired) electrons. The summed E-state index contributed by atoms with van der Waals surface area (Å²) in [5.41, 5.74) is 5.53. The summed E-state index contributed by atoms with van der Waals surface area (Å²) in [6.07, 6.45) is 6.22. The van der Waals surface area contributed by atoms with Crippen molar-refractivity contribution in [3.05, 3.63) is 6.20 Å². The molecule has 1 aliphatic carbocycles. The largest absolute Gasteiger partial charge is 0.383 e. The molecule has 4 N–H and O–H groups in total. The lowest BCUT2D eigenvalue weighted by molar-refractivity contribution is 0.555. The Labute approximate surface area is 105 Å². The molecule has 8 heteroatoms. The second-order valence-corrected chi connectivity index (χ2v) is 6.84. The van der Waals surface area contributed by atoms with Crippen molar-refractivity contribution in [3.8, 4) is 0 Å². The van der Waals surface area contributed by atoms with Crippen LogP contribution in [0.25, 0.3) is 0 Å². The Morgan fingerprint density at radius 1 is 1.59 bits per heavy atom. The maximum atomic E-state index is 12.1. The summed E-state index contributed by atoms with van der Waals surface area (Å²) >= 11 is 1.70. The van der Waals surface area contributed by atoms with Crippen LogP contribution in [0.15, 0.2) is 11.1 Å². The lowest BCUT2D eigenvalue weighted by atomic mass is 10.3. The van der Waals surface area contributed by atoms with Crippen LogP contribution in [0.2, 0.25) is 0 Å². The van der Waals surface area contributed by atoms with Gasteiger partial charge in [0.05, 0.1) is 6.20 Å². The number of hydrogen-bond donors (Lipinski definition) is 3. The maximum Gasteiger partial charge on any atom is 0.246 e. The number of H-pyrrole nitrogens is 1. The summed E-state index contributed by atoms with van der Waals surface area (Å²) in [7, 11) is -3.56. The van der Waals surface area contributed by atoms with Gasteiger partial charge in [0.1, 0.15) is 10.7 Å². The number of thioether (sulfide) groups is 1. The van der Waals surface area contributed by atoms with E-state index < -0.39 is 10.0 Å². The zero-order chi connectivity index (χ0) is 12.5. The number of anilines is 1. The minimum atomic E-state index is -3.56. The predicted molar refractivity (Wildman–Crippen MR) is 68.3 cm³/mol. The highest BCUT2D eigenvalue weighted by molar-refractivity contribution is 7.99. The number of aromatic amines is 1. The molecular formula is C9H16N4O2S2. The summed E-state index contributed by atoms with van der Waals surface area (Å²) in [5.74, 6) is 0.0798. The van der Waals surface area contributed by atoms with E-state index in [2.05, 4.69) is 14.9 Å². The number of nitrogens with two attached hydrogens (primary N) is 1. The molecule has 2 rings (SSSR count). The summed E-state index contributed by atoms with van der Waals surface area (Å²) in [4.78, 5) is 0.0317. The van der Waals surface area contributed by atoms with Crippen LogP contribution in [0, 0.1) is 0 Å². The molecule has 2 atom stereocenters. The van der Waals surface area contributed by atoms with Crippen molar-refractivity contribution in [2.75, 3.05) is 12.0 Å². The van der Waals surface area contributed by atoms with Gasteiger partial charge in [0.15, 0.2) is 0 Å². The van der Waals surface area contributed by atoms with Gasteiger partial charge < -0.3 is 5.73 Å². The van der Waals surface area contributed by atoms with Gasteiger partial charge in [-0.25, -0.2) is 13.1 Å². The molecule has 96 valence electrons. The highest BCUT2D eigenvalue weighted by atomic mass is 32.2.